The lowest BCUT2D eigenvalue weighted by Crippen LogP contribution is -2.01. The number of ketones is 1. The largest absolute Gasteiger partial charge is 0.294 e. The molecule has 1 aromatic carbocycles. The lowest BCUT2D eigenvalue weighted by molar-refractivity contribution is 0.0987. The van der Waals surface area contributed by atoms with Gasteiger partial charge in [0.05, 0.1) is 0 Å². The highest BCUT2D eigenvalue weighted by Crippen LogP contribution is 2.30. The van der Waals surface area contributed by atoms with E-state index in [-0.39, 0.29) is 5.78 Å². The van der Waals surface area contributed by atoms with Gasteiger partial charge in [-0.1, -0.05) is 28.1 Å². The summed E-state index contributed by atoms with van der Waals surface area (Å²) in [5, 5.41) is 0.714. The summed E-state index contributed by atoms with van der Waals surface area (Å²) >= 11 is 8.31. The fourth-order valence-electron chi connectivity index (χ4n) is 1.16. The molecule has 4 heteroatoms. The van der Waals surface area contributed by atoms with Gasteiger partial charge in [0.15, 0.2) is 5.78 Å². The molecule has 76 valence electrons. The predicted molar refractivity (Wildman–Crippen MR) is 68.7 cm³/mol. The minimum atomic E-state index is 0.188. The quantitative estimate of drug-likeness (QED) is 0.466. The van der Waals surface area contributed by atoms with E-state index in [0.29, 0.717) is 11.8 Å². The van der Waals surface area contributed by atoms with Crippen LogP contribution in [0.1, 0.15) is 16.8 Å². The van der Waals surface area contributed by atoms with E-state index in [9.17, 15) is 4.79 Å². The Hall–Kier alpha value is 0.200. The highest BCUT2D eigenvalue weighted by Gasteiger charge is 2.12. The van der Waals surface area contributed by atoms with Crippen LogP contribution >= 0.6 is 43.6 Å². The molecule has 0 N–H and O–H groups in total. The standard InChI is InChI=1S/C10H10Br2OS/c1-14-10-7(9(13)5-6-11)3-2-4-8(10)12/h2-4H,5-6H2,1H3. The summed E-state index contributed by atoms with van der Waals surface area (Å²) in [5.74, 6) is 0.188. The zero-order valence-electron chi connectivity index (χ0n) is 7.72. The molecule has 0 unspecified atom stereocenters. The van der Waals surface area contributed by atoms with Crippen molar-refractivity contribution in [3.63, 3.8) is 0 Å². The van der Waals surface area contributed by atoms with Gasteiger partial charge in [0.2, 0.25) is 0 Å². The average Bonchev–Trinajstić information content (AvgIpc) is 2.17. The van der Waals surface area contributed by atoms with E-state index >= 15 is 0 Å². The Balaban J connectivity index is 3.07. The molecule has 14 heavy (non-hydrogen) atoms. The van der Waals surface area contributed by atoms with E-state index in [0.717, 1.165) is 14.9 Å². The van der Waals surface area contributed by atoms with Gasteiger partial charge in [-0.05, 0) is 28.3 Å². The summed E-state index contributed by atoms with van der Waals surface area (Å²) in [6.45, 7) is 0. The summed E-state index contributed by atoms with van der Waals surface area (Å²) in [6.07, 6.45) is 2.52. The zero-order valence-corrected chi connectivity index (χ0v) is 11.7. The Morgan fingerprint density at radius 2 is 2.21 bits per heavy atom. The molecule has 0 aliphatic rings. The number of hydrogen-bond donors (Lipinski definition) is 0. The number of halogens is 2. The Morgan fingerprint density at radius 3 is 2.79 bits per heavy atom. The number of Topliss-reactive ketones (excluding diaryl/α,β-unsaturated/α-hetero) is 1. The molecule has 0 saturated heterocycles. The monoisotopic (exact) mass is 336 g/mol. The third kappa shape index (κ3) is 2.84. The van der Waals surface area contributed by atoms with Gasteiger partial charge < -0.3 is 0 Å². The van der Waals surface area contributed by atoms with Crippen molar-refractivity contribution < 1.29 is 4.79 Å². The molecule has 0 atom stereocenters. The molecule has 0 aliphatic carbocycles. The smallest absolute Gasteiger partial charge is 0.164 e. The summed E-state index contributed by atoms with van der Waals surface area (Å²) in [6, 6.07) is 5.73. The van der Waals surface area contributed by atoms with Crippen LogP contribution in [0.5, 0.6) is 0 Å². The second-order valence-electron chi connectivity index (χ2n) is 2.68. The van der Waals surface area contributed by atoms with Crippen LogP contribution in [0.3, 0.4) is 0 Å². The highest BCUT2D eigenvalue weighted by molar-refractivity contribution is 9.10. The molecular formula is C10H10Br2OS. The van der Waals surface area contributed by atoms with Gasteiger partial charge >= 0.3 is 0 Å². The molecule has 0 aromatic heterocycles. The van der Waals surface area contributed by atoms with Crippen LogP contribution in [-0.4, -0.2) is 17.4 Å². The lowest BCUT2D eigenvalue weighted by Gasteiger charge is -2.07. The van der Waals surface area contributed by atoms with Gasteiger partial charge in [-0.15, -0.1) is 11.8 Å². The van der Waals surface area contributed by atoms with Gasteiger partial charge in [-0.25, -0.2) is 0 Å². The number of rotatable bonds is 4. The van der Waals surface area contributed by atoms with Crippen molar-refractivity contribution in [1.82, 2.24) is 0 Å². The van der Waals surface area contributed by atoms with Gasteiger partial charge in [-0.2, -0.15) is 0 Å². The molecule has 0 heterocycles. The van der Waals surface area contributed by atoms with Crippen LogP contribution in [0, 0.1) is 0 Å². The van der Waals surface area contributed by atoms with E-state index in [4.69, 9.17) is 0 Å². The third-order valence-corrected chi connectivity index (χ3v) is 3.96. The molecular weight excluding hydrogens is 328 g/mol. The zero-order chi connectivity index (χ0) is 10.6. The Morgan fingerprint density at radius 1 is 1.50 bits per heavy atom. The number of carbonyl (C=O) groups excluding carboxylic acids is 1. The molecule has 0 bridgehead atoms. The van der Waals surface area contributed by atoms with Crippen LogP contribution < -0.4 is 0 Å². The van der Waals surface area contributed by atoms with Crippen molar-refractivity contribution in [2.24, 2.45) is 0 Å². The fraction of sp³-hybridized carbons (Fsp3) is 0.300. The van der Waals surface area contributed by atoms with E-state index in [1.807, 2.05) is 24.5 Å². The minimum Gasteiger partial charge on any atom is -0.294 e. The molecule has 1 nitrogen and oxygen atoms in total. The van der Waals surface area contributed by atoms with Crippen molar-refractivity contribution in [1.29, 1.82) is 0 Å². The maximum atomic E-state index is 11.7. The topological polar surface area (TPSA) is 17.1 Å². The molecule has 0 spiro atoms. The summed E-state index contributed by atoms with van der Waals surface area (Å²) in [5.41, 5.74) is 0.811. The van der Waals surface area contributed by atoms with Gasteiger partial charge in [0.1, 0.15) is 0 Å². The predicted octanol–water partition coefficient (Wildman–Crippen LogP) is 4.14. The third-order valence-electron chi connectivity index (χ3n) is 1.79. The summed E-state index contributed by atoms with van der Waals surface area (Å²) < 4.78 is 0.991. The van der Waals surface area contributed by atoms with Crippen LogP contribution in [-0.2, 0) is 0 Å². The number of alkyl halides is 1. The van der Waals surface area contributed by atoms with Gasteiger partial charge in [-0.3, -0.25) is 4.79 Å². The van der Waals surface area contributed by atoms with E-state index in [1.165, 1.54) is 0 Å². The van der Waals surface area contributed by atoms with E-state index < -0.39 is 0 Å². The first-order valence-corrected chi connectivity index (χ1v) is 7.26. The second-order valence-corrected chi connectivity index (χ2v) is 5.15. The molecule has 0 radical (unpaired) electrons. The summed E-state index contributed by atoms with van der Waals surface area (Å²) in [7, 11) is 0. The summed E-state index contributed by atoms with van der Waals surface area (Å²) in [4.78, 5) is 12.7. The minimum absolute atomic E-state index is 0.188. The second kappa shape index (κ2) is 5.93. The number of thioether (sulfide) groups is 1. The van der Waals surface area contributed by atoms with E-state index in [2.05, 4.69) is 31.9 Å². The Bertz CT molecular complexity index is 339. The molecule has 0 aliphatic heterocycles. The van der Waals surface area contributed by atoms with E-state index in [1.54, 1.807) is 11.8 Å². The lowest BCUT2D eigenvalue weighted by atomic mass is 10.1. The fourth-order valence-corrected chi connectivity index (χ4v) is 3.03. The average molecular weight is 338 g/mol. The maximum Gasteiger partial charge on any atom is 0.164 e. The number of carbonyl (C=O) groups is 1. The van der Waals surface area contributed by atoms with Crippen molar-refractivity contribution in [2.75, 3.05) is 11.6 Å². The molecule has 1 rings (SSSR count). The Kier molecular flexibility index (Phi) is 5.20. The molecule has 1 aromatic rings. The molecule has 0 amide bonds. The van der Waals surface area contributed by atoms with Gasteiger partial charge in [0.25, 0.3) is 0 Å². The molecule has 0 saturated carbocycles. The van der Waals surface area contributed by atoms with Crippen molar-refractivity contribution >= 4 is 49.4 Å². The van der Waals surface area contributed by atoms with Crippen LogP contribution in [0.25, 0.3) is 0 Å². The maximum absolute atomic E-state index is 11.7. The first-order chi connectivity index (χ1) is 6.70. The first-order valence-electron chi connectivity index (χ1n) is 4.12. The Labute approximate surface area is 105 Å². The van der Waals surface area contributed by atoms with Crippen LogP contribution in [0.4, 0.5) is 0 Å². The van der Waals surface area contributed by atoms with Crippen molar-refractivity contribution in [2.45, 2.75) is 11.3 Å². The van der Waals surface area contributed by atoms with Crippen molar-refractivity contribution in [3.8, 4) is 0 Å². The molecule has 0 fully saturated rings. The van der Waals surface area contributed by atoms with Gasteiger partial charge in [0, 0.05) is 26.7 Å². The highest BCUT2D eigenvalue weighted by atomic mass is 79.9. The number of benzene rings is 1. The van der Waals surface area contributed by atoms with Crippen molar-refractivity contribution in [3.05, 3.63) is 28.2 Å². The SMILES string of the molecule is CSc1c(Br)cccc1C(=O)CCBr. The number of hydrogen-bond acceptors (Lipinski definition) is 2. The normalized spacial score (nSPS) is 10.2. The first kappa shape index (κ1) is 12.3. The van der Waals surface area contributed by atoms with Crippen LogP contribution in [0.2, 0.25) is 0 Å². The van der Waals surface area contributed by atoms with Crippen LogP contribution in [0.15, 0.2) is 27.6 Å².